The highest BCUT2D eigenvalue weighted by Crippen LogP contribution is 2.11. The van der Waals surface area contributed by atoms with Crippen molar-refractivity contribution in [1.29, 1.82) is 5.41 Å². The zero-order chi connectivity index (χ0) is 5.98. The number of hydrogen-bond acceptors (Lipinski definition) is 1. The predicted molar refractivity (Wildman–Crippen MR) is 38.2 cm³/mol. The predicted octanol–water partition coefficient (Wildman–Crippen LogP) is 2.06. The Morgan fingerprint density at radius 1 is 1.62 bits per heavy atom. The molecule has 0 heterocycles. The van der Waals surface area contributed by atoms with E-state index in [1.165, 1.54) is 0 Å². The summed E-state index contributed by atoms with van der Waals surface area (Å²) in [5, 5.41) is 7.11. The molecule has 0 fully saturated rings. The van der Waals surface area contributed by atoms with Crippen LogP contribution in [0.15, 0.2) is 22.7 Å². The van der Waals surface area contributed by atoms with Gasteiger partial charge in [-0.25, -0.2) is 0 Å². The van der Waals surface area contributed by atoms with Crippen LogP contribution in [0.5, 0.6) is 0 Å². The van der Waals surface area contributed by atoms with Crippen molar-refractivity contribution < 1.29 is 0 Å². The molecule has 0 amide bonds. The first kappa shape index (κ1) is 5.63. The van der Waals surface area contributed by atoms with Gasteiger partial charge in [-0.1, -0.05) is 0 Å². The zero-order valence-electron chi connectivity index (χ0n) is 4.19. The minimum atomic E-state index is 0.541. The minimum absolute atomic E-state index is 0.541. The molecule has 0 bridgehead atoms. The van der Waals surface area contributed by atoms with Crippen LogP contribution in [0.2, 0.25) is 0 Å². The molecule has 0 saturated carbocycles. The fraction of sp³-hybridized carbons (Fsp3) is 0. The lowest BCUT2D eigenvalue weighted by Crippen LogP contribution is -1.93. The van der Waals surface area contributed by atoms with Crippen LogP contribution in [0.25, 0.3) is 0 Å². The molecule has 1 nitrogen and oxygen atoms in total. The molecule has 1 aliphatic carbocycles. The fourth-order valence-corrected chi connectivity index (χ4v) is 0.888. The first-order chi connectivity index (χ1) is 3.79. The summed E-state index contributed by atoms with van der Waals surface area (Å²) < 4.78 is 0.963. The zero-order valence-corrected chi connectivity index (χ0v) is 5.77. The lowest BCUT2D eigenvalue weighted by atomic mass is 10.2. The summed E-state index contributed by atoms with van der Waals surface area (Å²) >= 11 is 3.24. The van der Waals surface area contributed by atoms with Gasteiger partial charge in [-0.15, -0.1) is 0 Å². The molecule has 0 spiro atoms. The maximum Gasteiger partial charge on any atom is 0.166 e. The molecule has 0 aromatic heterocycles. The molecule has 0 aromatic carbocycles. The van der Waals surface area contributed by atoms with Crippen LogP contribution in [-0.4, -0.2) is 5.71 Å². The summed E-state index contributed by atoms with van der Waals surface area (Å²) in [5.74, 6) is 0. The van der Waals surface area contributed by atoms with Gasteiger partial charge in [0.15, 0.2) is 5.71 Å². The Hall–Kier alpha value is -0.500. The van der Waals surface area contributed by atoms with Crippen LogP contribution in [0.3, 0.4) is 0 Å². The maximum absolute atomic E-state index is 7.11. The van der Waals surface area contributed by atoms with Crippen molar-refractivity contribution in [1.82, 2.24) is 0 Å². The van der Waals surface area contributed by atoms with E-state index in [2.05, 4.69) is 15.9 Å². The summed E-state index contributed by atoms with van der Waals surface area (Å²) in [6, 6.07) is 0. The van der Waals surface area contributed by atoms with Gasteiger partial charge < -0.3 is 0 Å². The van der Waals surface area contributed by atoms with Crippen molar-refractivity contribution in [3.8, 4) is 0 Å². The Morgan fingerprint density at radius 3 is 2.75 bits per heavy atom. The van der Waals surface area contributed by atoms with Gasteiger partial charge in [-0.2, -0.15) is 0 Å². The third kappa shape index (κ3) is 1.23. The smallest absolute Gasteiger partial charge is 0.166 e. The van der Waals surface area contributed by atoms with E-state index in [4.69, 9.17) is 5.41 Å². The molecule has 1 aliphatic rings. The summed E-state index contributed by atoms with van der Waals surface area (Å²) in [5.41, 5.74) is 0.541. The summed E-state index contributed by atoms with van der Waals surface area (Å²) in [7, 11) is 0. The summed E-state index contributed by atoms with van der Waals surface area (Å²) in [4.78, 5) is 0. The van der Waals surface area contributed by atoms with E-state index in [9.17, 15) is 0 Å². The second-order valence-corrected chi connectivity index (χ2v) is 2.43. The third-order valence-electron chi connectivity index (χ3n) is 0.825. The first-order valence-electron chi connectivity index (χ1n) is 2.26. The molecule has 0 aromatic rings. The minimum Gasteiger partial charge on any atom is -0.275 e. The second-order valence-electron chi connectivity index (χ2n) is 1.51. The Kier molecular flexibility index (Phi) is 1.53. The highest BCUT2D eigenvalue weighted by molar-refractivity contribution is 9.11. The second kappa shape index (κ2) is 2.18. The van der Waals surface area contributed by atoms with Crippen LogP contribution >= 0.6 is 15.9 Å². The fourth-order valence-electron chi connectivity index (χ4n) is 0.488. The average molecular weight is 171 g/mol. The monoisotopic (exact) mass is 170 g/mol. The first-order valence-corrected chi connectivity index (χ1v) is 3.05. The van der Waals surface area contributed by atoms with Crippen LogP contribution < -0.4 is 0 Å². The lowest BCUT2D eigenvalue weighted by molar-refractivity contribution is 1.50. The van der Waals surface area contributed by atoms with Crippen LogP contribution in [-0.2, 0) is 0 Å². The van der Waals surface area contributed by atoms with Gasteiger partial charge in [0.1, 0.15) is 4.48 Å². The average Bonchev–Trinajstić information content (AvgIpc) is 1.64. The third-order valence-corrected chi connectivity index (χ3v) is 1.32. The number of halogens is 1. The topological polar surface area (TPSA) is 23.9 Å². The number of allylic oxidation sites excluding steroid dienone is 4. The highest BCUT2D eigenvalue weighted by Gasteiger charge is 2.05. The molecule has 0 saturated heterocycles. The van der Waals surface area contributed by atoms with E-state index in [1.807, 2.05) is 12.2 Å². The van der Waals surface area contributed by atoms with E-state index >= 15 is 0 Å². The van der Waals surface area contributed by atoms with E-state index in [-0.39, 0.29) is 0 Å². The normalized spacial score (nSPS) is 17.6. The van der Waals surface area contributed by atoms with Crippen LogP contribution in [0.1, 0.15) is 0 Å². The Morgan fingerprint density at radius 2 is 2.38 bits per heavy atom. The number of rotatable bonds is 0. The van der Waals surface area contributed by atoms with Gasteiger partial charge in [-0.05, 0) is 15.9 Å². The molecule has 8 heavy (non-hydrogen) atoms. The maximum atomic E-state index is 7.11. The van der Waals surface area contributed by atoms with Gasteiger partial charge in [-0.3, -0.25) is 5.41 Å². The van der Waals surface area contributed by atoms with Crippen molar-refractivity contribution >= 4 is 21.6 Å². The molecule has 0 aliphatic heterocycles. The van der Waals surface area contributed by atoms with E-state index in [1.54, 1.807) is 12.5 Å². The van der Waals surface area contributed by atoms with Crippen molar-refractivity contribution in [3.05, 3.63) is 29.1 Å². The van der Waals surface area contributed by atoms with Crippen molar-refractivity contribution in [2.75, 3.05) is 0 Å². The van der Waals surface area contributed by atoms with Gasteiger partial charge in [0.05, 0.1) is 24.6 Å². The van der Waals surface area contributed by atoms with Crippen molar-refractivity contribution in [2.24, 2.45) is 0 Å². The largest absolute Gasteiger partial charge is 0.275 e. The molecule has 1 rings (SSSR count). The molecule has 40 valence electrons. The van der Waals surface area contributed by atoms with Gasteiger partial charge in [0.2, 0.25) is 0 Å². The lowest BCUT2D eigenvalue weighted by Gasteiger charge is -1.88. The highest BCUT2D eigenvalue weighted by atomic mass is 79.9. The molecule has 0 atom stereocenters. The van der Waals surface area contributed by atoms with Crippen LogP contribution in [0, 0.1) is 11.8 Å². The molecular weight excluding hydrogens is 166 g/mol. The molecule has 0 unspecified atom stereocenters. The molecule has 1 N–H and O–H groups in total. The Balaban J connectivity index is 2.77. The summed E-state index contributed by atoms with van der Waals surface area (Å²) in [6.07, 6.45) is 7.23. The van der Waals surface area contributed by atoms with Gasteiger partial charge in [0.25, 0.3) is 0 Å². The van der Waals surface area contributed by atoms with Crippen LogP contribution in [0.4, 0.5) is 0 Å². The van der Waals surface area contributed by atoms with E-state index in [0.29, 0.717) is 5.71 Å². The van der Waals surface area contributed by atoms with Crippen molar-refractivity contribution in [3.63, 3.8) is 0 Å². The standard InChI is InChI=1S/C6H5BrN/c7-5-2-1-3-6(8)4-5/h1-4,8H/q+1. The van der Waals surface area contributed by atoms with Crippen molar-refractivity contribution in [2.45, 2.75) is 0 Å². The SMILES string of the molecule is N=C1C=C(Br)C=C[CH+]1. The van der Waals surface area contributed by atoms with Gasteiger partial charge >= 0.3 is 0 Å². The quantitative estimate of drug-likeness (QED) is 0.539. The Labute approximate surface area is 56.7 Å². The molecule has 2 heteroatoms. The van der Waals surface area contributed by atoms with E-state index < -0.39 is 0 Å². The molecule has 0 radical (unpaired) electrons. The Bertz CT molecular complexity index is 167. The van der Waals surface area contributed by atoms with Gasteiger partial charge in [0, 0.05) is 0 Å². The van der Waals surface area contributed by atoms with E-state index in [0.717, 1.165) is 4.48 Å². The molecular formula is C6H5BrN+. The summed E-state index contributed by atoms with van der Waals surface area (Å²) in [6.45, 7) is 0. The number of hydrogen-bond donors (Lipinski definition) is 1. The number of nitrogens with one attached hydrogen (secondary N) is 1.